The summed E-state index contributed by atoms with van der Waals surface area (Å²) in [6, 6.07) is 0.307. The highest BCUT2D eigenvalue weighted by Crippen LogP contribution is 2.54. The Labute approximate surface area is 328 Å². The number of fused-ring (bicyclic) bond motifs is 5. The van der Waals surface area contributed by atoms with Crippen LogP contribution in [0.1, 0.15) is 79.1 Å². The van der Waals surface area contributed by atoms with Crippen molar-refractivity contribution in [3.63, 3.8) is 0 Å². The second-order valence-electron chi connectivity index (χ2n) is 17.1. The number of nitrogens with zero attached hydrogens (tertiary/aromatic N) is 1. The number of ether oxygens (including phenoxy) is 8. The third kappa shape index (κ3) is 9.50. The summed E-state index contributed by atoms with van der Waals surface area (Å²) >= 11 is 0. The number of carbonyl (C=O) groups excluding carboxylic acids is 2. The predicted molar refractivity (Wildman–Crippen MR) is 205 cm³/mol. The van der Waals surface area contributed by atoms with Crippen molar-refractivity contribution in [2.75, 3.05) is 35.4 Å². The molecule has 3 aliphatic heterocycles. The van der Waals surface area contributed by atoms with E-state index in [1.807, 2.05) is 13.8 Å². The molecule has 6 aliphatic rings. The summed E-state index contributed by atoms with van der Waals surface area (Å²) in [7, 11) is 9.09. The minimum absolute atomic E-state index is 0.00143. The number of esters is 1. The van der Waals surface area contributed by atoms with Crippen molar-refractivity contribution >= 4 is 11.8 Å². The molecule has 0 amide bonds. The molecule has 6 rings (SSSR count). The number of hydrogen-bond acceptors (Lipinski definition) is 12. The summed E-state index contributed by atoms with van der Waals surface area (Å²) in [5.41, 5.74) is 0.711. The lowest BCUT2D eigenvalue weighted by molar-refractivity contribution is -0.314. The number of ketones is 1. The van der Waals surface area contributed by atoms with Gasteiger partial charge in [-0.25, -0.2) is 0 Å². The van der Waals surface area contributed by atoms with Gasteiger partial charge in [-0.2, -0.15) is 0 Å². The first kappa shape index (κ1) is 42.6. The Morgan fingerprint density at radius 2 is 1.62 bits per heavy atom. The van der Waals surface area contributed by atoms with Crippen LogP contribution in [0.2, 0.25) is 0 Å². The maximum absolute atomic E-state index is 14.7. The van der Waals surface area contributed by atoms with Crippen LogP contribution in [-0.2, 0) is 47.5 Å². The minimum atomic E-state index is -0.660. The SMILES string of the molecule is CO[C@@H]1[C@@H](OC)[C@H](C)O[C@@H](O[C@H]2C[C@H]3[C@@H]4C=C5C(=O)[C@H](C)[C@@H](O[C@H]6CC[C@H](N(C)C)[C@@H](C)O6)CCC[C@H](/C=C/[C@H](C)O)OC(=O)C[C@H]5[C@@H]4C=C[C@@H]3C2)[C@@H]1OC. The number of hydrogen-bond donors (Lipinski definition) is 1. The smallest absolute Gasteiger partial charge is 0.307 e. The fourth-order valence-corrected chi connectivity index (χ4v) is 10.5. The zero-order valence-electron chi connectivity index (χ0n) is 34.4. The van der Waals surface area contributed by atoms with Gasteiger partial charge in [0.25, 0.3) is 0 Å². The maximum atomic E-state index is 14.7. The molecule has 55 heavy (non-hydrogen) atoms. The molecule has 12 heteroatoms. The Hall–Kier alpha value is -2.00. The van der Waals surface area contributed by atoms with Gasteiger partial charge in [0, 0.05) is 39.2 Å². The van der Waals surface area contributed by atoms with Crippen molar-refractivity contribution in [3.05, 3.63) is 36.0 Å². The van der Waals surface area contributed by atoms with E-state index in [0.29, 0.717) is 30.9 Å². The van der Waals surface area contributed by atoms with E-state index in [-0.39, 0.29) is 84.4 Å². The summed E-state index contributed by atoms with van der Waals surface area (Å²) in [5, 5.41) is 9.99. The van der Waals surface area contributed by atoms with Gasteiger partial charge in [-0.05, 0) is 115 Å². The third-order valence-electron chi connectivity index (χ3n) is 13.3. The van der Waals surface area contributed by atoms with Crippen molar-refractivity contribution in [2.45, 2.75) is 153 Å². The Balaban J connectivity index is 1.23. The molecule has 1 N–H and O–H groups in total. The van der Waals surface area contributed by atoms with Crippen LogP contribution in [0.4, 0.5) is 0 Å². The zero-order valence-corrected chi connectivity index (χ0v) is 34.4. The summed E-state index contributed by atoms with van der Waals surface area (Å²) in [4.78, 5) is 30.6. The lowest BCUT2D eigenvalue weighted by Gasteiger charge is -2.44. The highest BCUT2D eigenvalue weighted by Gasteiger charge is 2.52. The Kier molecular flexibility index (Phi) is 14.5. The fourth-order valence-electron chi connectivity index (χ4n) is 10.5. The van der Waals surface area contributed by atoms with Crippen molar-refractivity contribution in [1.29, 1.82) is 0 Å². The van der Waals surface area contributed by atoms with Crippen LogP contribution >= 0.6 is 0 Å². The summed E-state index contributed by atoms with van der Waals surface area (Å²) in [6.07, 6.45) is 11.5. The van der Waals surface area contributed by atoms with Crippen LogP contribution in [0.15, 0.2) is 36.0 Å². The fraction of sp³-hybridized carbons (Fsp3) is 0.814. The van der Waals surface area contributed by atoms with Crippen LogP contribution in [0.5, 0.6) is 0 Å². The van der Waals surface area contributed by atoms with E-state index in [1.54, 1.807) is 40.4 Å². The monoisotopic (exact) mass is 773 g/mol. The summed E-state index contributed by atoms with van der Waals surface area (Å²) in [5.74, 6) is -0.479. The van der Waals surface area contributed by atoms with Gasteiger partial charge in [0.15, 0.2) is 18.4 Å². The molecule has 4 fully saturated rings. The maximum Gasteiger partial charge on any atom is 0.307 e. The number of Topliss-reactive ketones (excluding diaryl/α,β-unsaturated/α-hetero) is 1. The standard InChI is InChI=1S/C43H67NO11/c1-23(45)13-15-28-11-10-12-36(55-38-18-17-35(44(5)6)25(3)51-38)24(2)39(47)34-21-32-30(33(34)22-37(46)53-28)16-14-27-19-29(20-31(27)32)54-43-42(50-9)41(49-8)40(48-7)26(4)52-43/h13-16,21,23-33,35-36,38,40-43,45H,10-12,17-20,22H2,1-9H3/b15-13+/t23-,24+,25+,26-,27+,28+,29+,30+,31+,32+,33-,35-,36-,38-,40-,41+,42+,43-/m0/s1. The van der Waals surface area contributed by atoms with Crippen LogP contribution < -0.4 is 0 Å². The number of likely N-dealkylation sites (N-methyl/N-ethyl adjacent to an activating group) is 1. The second kappa shape index (κ2) is 18.7. The van der Waals surface area contributed by atoms with Crippen LogP contribution in [0.3, 0.4) is 0 Å². The van der Waals surface area contributed by atoms with Gasteiger partial charge in [-0.1, -0.05) is 31.2 Å². The molecule has 0 spiro atoms. The number of carbonyl (C=O) groups is 2. The van der Waals surface area contributed by atoms with Crippen molar-refractivity contribution < 1.29 is 52.6 Å². The normalized spacial score (nSPS) is 44.6. The Morgan fingerprint density at radius 1 is 0.873 bits per heavy atom. The summed E-state index contributed by atoms with van der Waals surface area (Å²) in [6.45, 7) is 7.71. The average molecular weight is 774 g/mol. The van der Waals surface area contributed by atoms with Gasteiger partial charge in [-0.15, -0.1) is 0 Å². The van der Waals surface area contributed by atoms with Crippen LogP contribution in [0.25, 0.3) is 0 Å². The zero-order chi connectivity index (χ0) is 39.6. The van der Waals surface area contributed by atoms with Gasteiger partial charge in [0.1, 0.15) is 24.4 Å². The van der Waals surface area contributed by atoms with E-state index in [2.05, 4.69) is 44.1 Å². The lowest BCUT2D eigenvalue weighted by Crippen LogP contribution is -2.59. The molecule has 18 atom stereocenters. The predicted octanol–water partition coefficient (Wildman–Crippen LogP) is 5.01. The first-order chi connectivity index (χ1) is 26.3. The molecule has 0 aromatic rings. The van der Waals surface area contributed by atoms with Crippen LogP contribution in [0, 0.1) is 35.5 Å². The minimum Gasteiger partial charge on any atom is -0.458 e. The molecule has 3 aliphatic carbocycles. The Bertz CT molecular complexity index is 1400. The number of aliphatic hydroxyl groups is 1. The molecular weight excluding hydrogens is 706 g/mol. The van der Waals surface area contributed by atoms with Crippen molar-refractivity contribution in [2.24, 2.45) is 35.5 Å². The van der Waals surface area contributed by atoms with Gasteiger partial charge in [0.05, 0.1) is 36.9 Å². The van der Waals surface area contributed by atoms with E-state index in [9.17, 15) is 14.7 Å². The van der Waals surface area contributed by atoms with E-state index >= 15 is 0 Å². The number of allylic oxidation sites excluding steroid dienone is 4. The van der Waals surface area contributed by atoms with E-state index in [0.717, 1.165) is 25.7 Å². The summed E-state index contributed by atoms with van der Waals surface area (Å²) < 4.78 is 49.6. The van der Waals surface area contributed by atoms with Gasteiger partial charge < -0.3 is 47.9 Å². The molecular formula is C43H67NO11. The van der Waals surface area contributed by atoms with Gasteiger partial charge in [-0.3, -0.25) is 9.59 Å². The molecule has 12 nitrogen and oxygen atoms in total. The lowest BCUT2D eigenvalue weighted by atomic mass is 9.70. The number of aliphatic hydroxyl groups excluding tert-OH is 1. The molecule has 3 saturated heterocycles. The van der Waals surface area contributed by atoms with Crippen molar-refractivity contribution in [3.8, 4) is 0 Å². The van der Waals surface area contributed by atoms with E-state index < -0.39 is 36.8 Å². The third-order valence-corrected chi connectivity index (χ3v) is 13.3. The highest BCUT2D eigenvalue weighted by molar-refractivity contribution is 5.99. The number of methoxy groups -OCH3 is 3. The average Bonchev–Trinajstić information content (AvgIpc) is 3.72. The largest absolute Gasteiger partial charge is 0.458 e. The molecule has 0 bridgehead atoms. The highest BCUT2D eigenvalue weighted by atomic mass is 16.7. The molecule has 0 radical (unpaired) electrons. The van der Waals surface area contributed by atoms with Gasteiger partial charge in [0.2, 0.25) is 0 Å². The van der Waals surface area contributed by atoms with E-state index in [4.69, 9.17) is 37.9 Å². The number of rotatable bonds is 10. The molecule has 3 heterocycles. The molecule has 1 saturated carbocycles. The van der Waals surface area contributed by atoms with E-state index in [1.165, 1.54) is 0 Å². The molecule has 0 aromatic carbocycles. The Morgan fingerprint density at radius 3 is 2.29 bits per heavy atom. The van der Waals surface area contributed by atoms with Gasteiger partial charge >= 0.3 is 5.97 Å². The molecule has 0 unspecified atom stereocenters. The topological polar surface area (TPSA) is 131 Å². The molecule has 310 valence electrons. The quantitative estimate of drug-likeness (QED) is 0.237. The first-order valence-corrected chi connectivity index (χ1v) is 20.7. The van der Waals surface area contributed by atoms with Crippen LogP contribution in [-0.4, -0.2) is 131 Å². The first-order valence-electron chi connectivity index (χ1n) is 20.7. The second-order valence-corrected chi connectivity index (χ2v) is 17.1. The number of cyclic esters (lactones) is 1. The molecule has 0 aromatic heterocycles. The van der Waals surface area contributed by atoms with Crippen molar-refractivity contribution in [1.82, 2.24) is 4.90 Å².